The van der Waals surface area contributed by atoms with E-state index in [1.54, 1.807) is 57.5 Å². The van der Waals surface area contributed by atoms with Crippen molar-refractivity contribution in [2.75, 3.05) is 26.8 Å². The molecule has 0 bridgehead atoms. The summed E-state index contributed by atoms with van der Waals surface area (Å²) in [7, 11) is 1.52. The van der Waals surface area contributed by atoms with Gasteiger partial charge in [-0.15, -0.1) is 11.3 Å². The zero-order chi connectivity index (χ0) is 25.9. The van der Waals surface area contributed by atoms with Crippen LogP contribution in [0.15, 0.2) is 60.0 Å². The van der Waals surface area contributed by atoms with Gasteiger partial charge in [-0.25, -0.2) is 4.39 Å². The number of hydrogen-bond donors (Lipinski definition) is 0. The average Bonchev–Trinajstić information content (AvgIpc) is 3.34. The summed E-state index contributed by atoms with van der Waals surface area (Å²) in [5.41, 5.74) is 0.839. The fourth-order valence-electron chi connectivity index (χ4n) is 4.41. The van der Waals surface area contributed by atoms with Gasteiger partial charge in [-0.1, -0.05) is 18.2 Å². The molecule has 36 heavy (non-hydrogen) atoms. The highest BCUT2D eigenvalue weighted by atomic mass is 32.1. The number of fused-ring (bicyclic) bond motifs is 1. The fourth-order valence-corrected chi connectivity index (χ4v) is 5.34. The van der Waals surface area contributed by atoms with Crippen LogP contribution in [0.2, 0.25) is 0 Å². The Morgan fingerprint density at radius 3 is 2.64 bits per heavy atom. The minimum atomic E-state index is -0.607. The van der Waals surface area contributed by atoms with E-state index in [0.717, 1.165) is 12.0 Å². The molecule has 2 aromatic carbocycles. The van der Waals surface area contributed by atoms with Gasteiger partial charge >= 0.3 is 0 Å². The van der Waals surface area contributed by atoms with Crippen molar-refractivity contribution < 1.29 is 23.5 Å². The molecule has 2 amide bonds. The van der Waals surface area contributed by atoms with Gasteiger partial charge in [0, 0.05) is 23.0 Å². The second-order valence-corrected chi connectivity index (χ2v) is 10.7. The summed E-state index contributed by atoms with van der Waals surface area (Å²) in [4.78, 5) is 31.9. The van der Waals surface area contributed by atoms with Crippen LogP contribution < -0.4 is 9.47 Å². The third-order valence-electron chi connectivity index (χ3n) is 6.30. The maximum absolute atomic E-state index is 13.7. The Morgan fingerprint density at radius 1 is 1.14 bits per heavy atom. The van der Waals surface area contributed by atoms with Gasteiger partial charge < -0.3 is 19.3 Å². The van der Waals surface area contributed by atoms with Gasteiger partial charge in [0.2, 0.25) is 5.91 Å². The van der Waals surface area contributed by atoms with Crippen molar-refractivity contribution in [3.8, 4) is 11.5 Å². The molecule has 2 heterocycles. The lowest BCUT2D eigenvalue weighted by Crippen LogP contribution is -2.53. The molecule has 1 aliphatic heterocycles. The third-order valence-corrected chi connectivity index (χ3v) is 7.30. The van der Waals surface area contributed by atoms with Crippen molar-refractivity contribution >= 4 is 23.2 Å². The van der Waals surface area contributed by atoms with E-state index in [1.807, 2.05) is 32.2 Å². The van der Waals surface area contributed by atoms with Crippen LogP contribution in [0.1, 0.15) is 47.6 Å². The number of benzene rings is 2. The number of amides is 2. The number of methoxy groups -OCH3 is 1. The molecule has 0 aliphatic carbocycles. The number of hydrogen-bond acceptors (Lipinski definition) is 5. The molecule has 0 N–H and O–H groups in total. The van der Waals surface area contributed by atoms with Crippen LogP contribution in [0.25, 0.3) is 0 Å². The van der Waals surface area contributed by atoms with E-state index >= 15 is 0 Å². The van der Waals surface area contributed by atoms with Gasteiger partial charge in [-0.3, -0.25) is 9.59 Å². The van der Waals surface area contributed by atoms with E-state index in [1.165, 1.54) is 24.1 Å². The van der Waals surface area contributed by atoms with Crippen molar-refractivity contribution in [3.05, 3.63) is 81.8 Å². The maximum atomic E-state index is 13.7. The highest BCUT2D eigenvalue weighted by Crippen LogP contribution is 2.34. The Bertz CT molecular complexity index is 1240. The molecule has 3 aromatic rings. The molecule has 4 rings (SSSR count). The Hall–Kier alpha value is -3.39. The monoisotopic (exact) mass is 510 g/mol. The summed E-state index contributed by atoms with van der Waals surface area (Å²) in [6, 6.07) is 14.7. The molecular weight excluding hydrogens is 479 g/mol. The Balaban J connectivity index is 1.58. The summed E-state index contributed by atoms with van der Waals surface area (Å²) in [5.74, 6) is 0.0572. The summed E-state index contributed by atoms with van der Waals surface area (Å²) in [6.45, 7) is 6.34. The SMILES string of the molecule is COc1ccccc1C(=O)N(CC(=O)N1CCc2sccc2C1COc1cccc(F)c1)C(C)(C)C. The Morgan fingerprint density at radius 2 is 1.92 bits per heavy atom. The first-order chi connectivity index (χ1) is 17.2. The standard InChI is InChI=1S/C28H31FN2O4S/c1-28(2,3)31(27(33)22-10-5-6-11-24(22)34-4)17-26(32)30-14-12-25-21(13-15-36-25)23(30)18-35-20-9-7-8-19(29)16-20/h5-11,13,15-16,23H,12,14,17-18H2,1-4H3. The van der Waals surface area contributed by atoms with Crippen LogP contribution in [-0.2, 0) is 11.2 Å². The zero-order valence-electron chi connectivity index (χ0n) is 21.0. The molecular formula is C28H31FN2O4S. The second-order valence-electron chi connectivity index (χ2n) is 9.68. The number of carbonyl (C=O) groups excluding carboxylic acids is 2. The van der Waals surface area contributed by atoms with Crippen molar-refractivity contribution in [1.82, 2.24) is 9.80 Å². The predicted octanol–water partition coefficient (Wildman–Crippen LogP) is 5.34. The van der Waals surface area contributed by atoms with E-state index in [0.29, 0.717) is 23.6 Å². The summed E-state index contributed by atoms with van der Waals surface area (Å²) < 4.78 is 25.0. The Labute approximate surface area is 215 Å². The predicted molar refractivity (Wildman–Crippen MR) is 138 cm³/mol. The lowest BCUT2D eigenvalue weighted by Gasteiger charge is -2.40. The molecule has 0 saturated carbocycles. The van der Waals surface area contributed by atoms with Crippen LogP contribution in [0.5, 0.6) is 11.5 Å². The Kier molecular flexibility index (Phi) is 7.64. The molecule has 1 aromatic heterocycles. The van der Waals surface area contributed by atoms with Crippen molar-refractivity contribution in [2.45, 2.75) is 38.8 Å². The minimum Gasteiger partial charge on any atom is -0.496 e. The van der Waals surface area contributed by atoms with E-state index in [2.05, 4.69) is 0 Å². The van der Waals surface area contributed by atoms with E-state index < -0.39 is 5.54 Å². The van der Waals surface area contributed by atoms with Gasteiger partial charge in [0.1, 0.15) is 30.5 Å². The quantitative estimate of drug-likeness (QED) is 0.431. The molecule has 0 fully saturated rings. The van der Waals surface area contributed by atoms with Crippen LogP contribution in [0.3, 0.4) is 0 Å². The van der Waals surface area contributed by atoms with Crippen molar-refractivity contribution in [1.29, 1.82) is 0 Å². The number of halogens is 1. The molecule has 8 heteroatoms. The lowest BCUT2D eigenvalue weighted by molar-refractivity contribution is -0.136. The van der Waals surface area contributed by atoms with Crippen LogP contribution in [-0.4, -0.2) is 54.0 Å². The van der Waals surface area contributed by atoms with E-state index in [9.17, 15) is 14.0 Å². The third kappa shape index (κ3) is 5.54. The normalized spacial score (nSPS) is 15.2. The van der Waals surface area contributed by atoms with Crippen molar-refractivity contribution in [3.63, 3.8) is 0 Å². The minimum absolute atomic E-state index is 0.0870. The molecule has 0 radical (unpaired) electrons. The highest BCUT2D eigenvalue weighted by Gasteiger charge is 2.36. The van der Waals surface area contributed by atoms with E-state index in [4.69, 9.17) is 9.47 Å². The topological polar surface area (TPSA) is 59.1 Å². The molecule has 0 saturated heterocycles. The van der Waals surface area contributed by atoms with Gasteiger partial charge in [0.15, 0.2) is 0 Å². The molecule has 1 unspecified atom stereocenters. The van der Waals surface area contributed by atoms with Crippen LogP contribution in [0, 0.1) is 5.82 Å². The highest BCUT2D eigenvalue weighted by molar-refractivity contribution is 7.10. The molecule has 0 spiro atoms. The number of rotatable bonds is 7. The first kappa shape index (κ1) is 25.7. The first-order valence-corrected chi connectivity index (χ1v) is 12.8. The summed E-state index contributed by atoms with van der Waals surface area (Å²) in [5, 5.41) is 2.01. The van der Waals surface area contributed by atoms with Gasteiger partial charge in [0.25, 0.3) is 5.91 Å². The number of carbonyl (C=O) groups is 2. The van der Waals surface area contributed by atoms with Gasteiger partial charge in [0.05, 0.1) is 18.7 Å². The molecule has 1 atom stereocenters. The maximum Gasteiger partial charge on any atom is 0.258 e. The largest absolute Gasteiger partial charge is 0.496 e. The second kappa shape index (κ2) is 10.7. The summed E-state index contributed by atoms with van der Waals surface area (Å²) >= 11 is 1.66. The number of ether oxygens (including phenoxy) is 2. The van der Waals surface area contributed by atoms with Gasteiger partial charge in [-0.2, -0.15) is 0 Å². The van der Waals surface area contributed by atoms with Gasteiger partial charge in [-0.05, 0) is 68.5 Å². The number of nitrogens with zero attached hydrogens (tertiary/aromatic N) is 2. The smallest absolute Gasteiger partial charge is 0.258 e. The summed E-state index contributed by atoms with van der Waals surface area (Å²) in [6.07, 6.45) is 0.741. The van der Waals surface area contributed by atoms with Crippen LogP contribution in [0.4, 0.5) is 4.39 Å². The molecule has 190 valence electrons. The zero-order valence-corrected chi connectivity index (χ0v) is 21.8. The first-order valence-electron chi connectivity index (χ1n) is 11.9. The van der Waals surface area contributed by atoms with Crippen LogP contribution >= 0.6 is 11.3 Å². The fraction of sp³-hybridized carbons (Fsp3) is 0.357. The average molecular weight is 511 g/mol. The molecule has 6 nitrogen and oxygen atoms in total. The number of para-hydroxylation sites is 1. The van der Waals surface area contributed by atoms with Crippen molar-refractivity contribution in [2.24, 2.45) is 0 Å². The number of thiophene rings is 1. The van der Waals surface area contributed by atoms with E-state index in [-0.39, 0.29) is 36.8 Å². The molecule has 1 aliphatic rings. The lowest BCUT2D eigenvalue weighted by atomic mass is 9.99.